The van der Waals surface area contributed by atoms with Crippen LogP contribution in [0.5, 0.6) is 0 Å². The molecule has 5 aromatic rings. The molecular formula is C26H17NO5. The van der Waals surface area contributed by atoms with Gasteiger partial charge in [0.15, 0.2) is 5.76 Å². The van der Waals surface area contributed by atoms with Gasteiger partial charge in [0.2, 0.25) is 11.2 Å². The van der Waals surface area contributed by atoms with Gasteiger partial charge in [0, 0.05) is 10.9 Å². The number of amides is 1. The van der Waals surface area contributed by atoms with E-state index in [0.717, 1.165) is 11.8 Å². The fourth-order valence-corrected chi connectivity index (χ4v) is 3.58. The van der Waals surface area contributed by atoms with Gasteiger partial charge in [-0.05, 0) is 31.2 Å². The van der Waals surface area contributed by atoms with Crippen molar-refractivity contribution in [1.29, 1.82) is 0 Å². The summed E-state index contributed by atoms with van der Waals surface area (Å²) >= 11 is 0. The Hall–Kier alpha value is -4.45. The normalized spacial score (nSPS) is 11.0. The van der Waals surface area contributed by atoms with E-state index in [-0.39, 0.29) is 22.8 Å². The van der Waals surface area contributed by atoms with Crippen molar-refractivity contribution in [3.05, 3.63) is 112 Å². The Morgan fingerprint density at radius 1 is 0.812 bits per heavy atom. The summed E-state index contributed by atoms with van der Waals surface area (Å²) in [5.74, 6) is -1.07. The van der Waals surface area contributed by atoms with Crippen molar-refractivity contribution in [2.24, 2.45) is 0 Å². The second-order valence-corrected chi connectivity index (χ2v) is 7.43. The van der Waals surface area contributed by atoms with Gasteiger partial charge in [0.25, 0.3) is 5.91 Å². The first-order chi connectivity index (χ1) is 15.5. The van der Waals surface area contributed by atoms with E-state index in [4.69, 9.17) is 8.83 Å². The van der Waals surface area contributed by atoms with Gasteiger partial charge in [-0.25, -0.2) is 0 Å². The highest BCUT2D eigenvalue weighted by atomic mass is 16.3. The van der Waals surface area contributed by atoms with Gasteiger partial charge < -0.3 is 14.2 Å². The average molecular weight is 423 g/mol. The van der Waals surface area contributed by atoms with E-state index >= 15 is 0 Å². The predicted octanol–water partition coefficient (Wildman–Crippen LogP) is 5.33. The maximum atomic E-state index is 13.2. The molecule has 0 atom stereocenters. The molecule has 0 aliphatic heterocycles. The second kappa shape index (κ2) is 7.67. The molecule has 0 unspecified atom stereocenters. The van der Waals surface area contributed by atoms with E-state index in [9.17, 15) is 14.4 Å². The molecule has 6 heteroatoms. The van der Waals surface area contributed by atoms with Crippen molar-refractivity contribution < 1.29 is 18.4 Å². The van der Waals surface area contributed by atoms with E-state index in [2.05, 4.69) is 5.32 Å². The van der Waals surface area contributed by atoms with Gasteiger partial charge in [0.05, 0.1) is 11.1 Å². The molecule has 0 saturated heterocycles. The van der Waals surface area contributed by atoms with Gasteiger partial charge in [0.1, 0.15) is 23.0 Å². The van der Waals surface area contributed by atoms with Gasteiger partial charge in [-0.15, -0.1) is 0 Å². The molecule has 0 spiro atoms. The minimum atomic E-state index is -0.686. The maximum Gasteiger partial charge on any atom is 0.262 e. The molecule has 0 saturated carbocycles. The monoisotopic (exact) mass is 423 g/mol. The van der Waals surface area contributed by atoms with Crippen LogP contribution in [0.2, 0.25) is 0 Å². The minimum absolute atomic E-state index is 0.00594. The van der Waals surface area contributed by atoms with Crippen molar-refractivity contribution in [2.75, 3.05) is 5.32 Å². The molecule has 1 N–H and O–H groups in total. The highest BCUT2D eigenvalue weighted by Gasteiger charge is 2.25. The van der Waals surface area contributed by atoms with Crippen molar-refractivity contribution in [1.82, 2.24) is 0 Å². The van der Waals surface area contributed by atoms with Crippen LogP contribution in [-0.4, -0.2) is 11.7 Å². The maximum absolute atomic E-state index is 13.2. The molecule has 0 fully saturated rings. The summed E-state index contributed by atoms with van der Waals surface area (Å²) in [6.45, 7) is 1.93. The number of rotatable bonds is 4. The lowest BCUT2D eigenvalue weighted by Crippen LogP contribution is -2.22. The van der Waals surface area contributed by atoms with Crippen LogP contribution in [0, 0.1) is 6.92 Å². The smallest absolute Gasteiger partial charge is 0.262 e. The zero-order valence-electron chi connectivity index (χ0n) is 17.0. The fraction of sp³-hybridized carbons (Fsp3) is 0.0385. The molecule has 156 valence electrons. The van der Waals surface area contributed by atoms with Gasteiger partial charge in [-0.2, -0.15) is 0 Å². The Kier molecular flexibility index (Phi) is 4.67. The molecule has 32 heavy (non-hydrogen) atoms. The molecule has 3 aromatic carbocycles. The molecule has 5 rings (SSSR count). The Morgan fingerprint density at radius 2 is 1.47 bits per heavy atom. The molecule has 0 bridgehead atoms. The summed E-state index contributed by atoms with van der Waals surface area (Å²) in [6, 6.07) is 20.7. The van der Waals surface area contributed by atoms with Gasteiger partial charge >= 0.3 is 0 Å². The van der Waals surface area contributed by atoms with Crippen LogP contribution in [0.4, 0.5) is 5.69 Å². The fourth-order valence-electron chi connectivity index (χ4n) is 3.58. The Bertz CT molecular complexity index is 1560. The number of hydrogen-bond acceptors (Lipinski definition) is 5. The van der Waals surface area contributed by atoms with Crippen molar-refractivity contribution in [3.8, 4) is 0 Å². The van der Waals surface area contributed by atoms with Crippen LogP contribution in [0.3, 0.4) is 0 Å². The molecule has 0 radical (unpaired) electrons. The largest absolute Gasteiger partial charge is 0.463 e. The SMILES string of the molecule is Cc1ccc(C(=O)c2oc3ccccc3c2NC(=O)c2coc3ccccc3c2=O)cc1. The molecule has 1 amide bonds. The third-order valence-electron chi connectivity index (χ3n) is 5.28. The van der Waals surface area contributed by atoms with Crippen LogP contribution in [0.25, 0.3) is 21.9 Å². The number of carbonyl (C=O) groups is 2. The highest BCUT2D eigenvalue weighted by Crippen LogP contribution is 2.33. The van der Waals surface area contributed by atoms with Crippen molar-refractivity contribution in [2.45, 2.75) is 6.92 Å². The Labute approximate surface area is 182 Å². The number of anilines is 1. The van der Waals surface area contributed by atoms with Crippen LogP contribution in [-0.2, 0) is 0 Å². The number of carbonyl (C=O) groups excluding carboxylic acids is 2. The number of aryl methyl sites for hydroxylation is 1. The first-order valence-electron chi connectivity index (χ1n) is 9.98. The van der Waals surface area contributed by atoms with Gasteiger partial charge in [-0.1, -0.05) is 54.1 Å². The lowest BCUT2D eigenvalue weighted by atomic mass is 10.1. The summed E-state index contributed by atoms with van der Waals surface area (Å²) in [6.07, 6.45) is 1.13. The summed E-state index contributed by atoms with van der Waals surface area (Å²) in [5, 5.41) is 3.56. The highest BCUT2D eigenvalue weighted by molar-refractivity contribution is 6.19. The van der Waals surface area contributed by atoms with E-state index < -0.39 is 11.3 Å². The lowest BCUT2D eigenvalue weighted by Gasteiger charge is -2.07. The zero-order valence-corrected chi connectivity index (χ0v) is 17.0. The van der Waals surface area contributed by atoms with E-state index in [1.807, 2.05) is 19.1 Å². The van der Waals surface area contributed by atoms with Crippen LogP contribution < -0.4 is 10.7 Å². The standard InChI is InChI=1S/C26H17NO5/c1-15-10-12-16(13-11-15)23(28)25-22(17-6-2-5-9-21(17)32-25)27-26(30)19-14-31-20-8-4-3-7-18(20)24(19)29/h2-14H,1H3,(H,27,30). The topological polar surface area (TPSA) is 89.5 Å². The van der Waals surface area contributed by atoms with Crippen LogP contribution in [0.1, 0.15) is 32.0 Å². The number of furan rings is 1. The molecule has 0 aliphatic rings. The zero-order chi connectivity index (χ0) is 22.2. The minimum Gasteiger partial charge on any atom is -0.463 e. The number of hydrogen-bond donors (Lipinski definition) is 1. The van der Waals surface area contributed by atoms with E-state index in [0.29, 0.717) is 27.5 Å². The molecule has 2 aromatic heterocycles. The molecular weight excluding hydrogens is 406 g/mol. The van der Waals surface area contributed by atoms with E-state index in [1.54, 1.807) is 60.7 Å². The lowest BCUT2D eigenvalue weighted by molar-refractivity contribution is 0.101. The Morgan fingerprint density at radius 3 is 2.22 bits per heavy atom. The first-order valence-corrected chi connectivity index (χ1v) is 9.98. The summed E-state index contributed by atoms with van der Waals surface area (Å²) in [5.41, 5.74) is 1.87. The number of benzene rings is 3. The number of ketones is 1. The first kappa shape index (κ1) is 19.5. The number of nitrogens with one attached hydrogen (secondary N) is 1. The quantitative estimate of drug-likeness (QED) is 0.395. The molecule has 2 heterocycles. The third-order valence-corrected chi connectivity index (χ3v) is 5.28. The van der Waals surface area contributed by atoms with Gasteiger partial charge in [-0.3, -0.25) is 14.4 Å². The number of para-hydroxylation sites is 2. The summed E-state index contributed by atoms with van der Waals surface area (Å²) in [7, 11) is 0. The predicted molar refractivity (Wildman–Crippen MR) is 121 cm³/mol. The third kappa shape index (κ3) is 3.28. The molecule has 6 nitrogen and oxygen atoms in total. The van der Waals surface area contributed by atoms with Crippen LogP contribution in [0.15, 0.2) is 92.7 Å². The summed E-state index contributed by atoms with van der Waals surface area (Å²) < 4.78 is 11.3. The summed E-state index contributed by atoms with van der Waals surface area (Å²) in [4.78, 5) is 39.1. The average Bonchev–Trinajstić information content (AvgIpc) is 3.18. The van der Waals surface area contributed by atoms with Crippen LogP contribution >= 0.6 is 0 Å². The number of fused-ring (bicyclic) bond motifs is 2. The second-order valence-electron chi connectivity index (χ2n) is 7.43. The van der Waals surface area contributed by atoms with Crippen molar-refractivity contribution in [3.63, 3.8) is 0 Å². The van der Waals surface area contributed by atoms with Crippen molar-refractivity contribution >= 4 is 39.3 Å². The molecule has 0 aliphatic carbocycles. The van der Waals surface area contributed by atoms with E-state index in [1.165, 1.54) is 0 Å². The Balaban J connectivity index is 1.60.